The number of alkyl halides is 3. The van der Waals surface area contributed by atoms with E-state index in [0.717, 1.165) is 11.6 Å². The van der Waals surface area contributed by atoms with Crippen molar-refractivity contribution in [1.82, 2.24) is 24.3 Å². The molecule has 10 heteroatoms. The third kappa shape index (κ3) is 3.13. The molecule has 30 heavy (non-hydrogen) atoms. The van der Waals surface area contributed by atoms with Crippen molar-refractivity contribution in [2.75, 3.05) is 0 Å². The lowest BCUT2D eigenvalue weighted by Crippen LogP contribution is -2.20. The SMILES string of the molecule is Cc1ccccc1-n1c(=S)[nH]c(=O)c2c(C(F)(F)F)cc(-c3cnn(C)c3C)nc21. The number of H-pyrrole nitrogens is 1. The van der Waals surface area contributed by atoms with Crippen molar-refractivity contribution in [3.63, 3.8) is 0 Å². The first-order chi connectivity index (χ1) is 14.1. The molecule has 0 aliphatic carbocycles. The molecule has 0 radical (unpaired) electrons. The van der Waals surface area contributed by atoms with Crippen LogP contribution in [0, 0.1) is 18.6 Å². The first-order valence-electron chi connectivity index (χ1n) is 8.92. The Morgan fingerprint density at radius 2 is 1.87 bits per heavy atom. The van der Waals surface area contributed by atoms with Crippen LogP contribution in [-0.4, -0.2) is 24.3 Å². The maximum Gasteiger partial charge on any atom is 0.417 e. The molecule has 0 unspecified atom stereocenters. The number of halogens is 3. The normalized spacial score (nSPS) is 11.9. The van der Waals surface area contributed by atoms with Crippen LogP contribution >= 0.6 is 12.2 Å². The third-order valence-corrected chi connectivity index (χ3v) is 5.32. The molecule has 4 rings (SSSR count). The van der Waals surface area contributed by atoms with Crippen LogP contribution in [0.3, 0.4) is 0 Å². The molecule has 0 atom stereocenters. The van der Waals surface area contributed by atoms with E-state index in [1.807, 2.05) is 0 Å². The summed E-state index contributed by atoms with van der Waals surface area (Å²) in [4.78, 5) is 19.4. The predicted octanol–water partition coefficient (Wildman–Crippen LogP) is 4.48. The van der Waals surface area contributed by atoms with Crippen molar-refractivity contribution in [2.45, 2.75) is 20.0 Å². The van der Waals surface area contributed by atoms with E-state index in [0.29, 0.717) is 16.9 Å². The molecule has 0 fully saturated rings. The average molecular weight is 431 g/mol. The van der Waals surface area contributed by atoms with E-state index < -0.39 is 22.7 Å². The quantitative estimate of drug-likeness (QED) is 0.475. The molecule has 3 heterocycles. The lowest BCUT2D eigenvalue weighted by molar-refractivity contribution is -0.136. The number of nitrogens with zero attached hydrogens (tertiary/aromatic N) is 4. The Bertz CT molecular complexity index is 1410. The third-order valence-electron chi connectivity index (χ3n) is 5.04. The molecule has 0 saturated carbocycles. The van der Waals surface area contributed by atoms with E-state index in [1.54, 1.807) is 49.8 Å². The summed E-state index contributed by atoms with van der Waals surface area (Å²) >= 11 is 5.30. The van der Waals surface area contributed by atoms with Crippen LogP contribution in [-0.2, 0) is 13.2 Å². The van der Waals surface area contributed by atoms with Crippen molar-refractivity contribution in [3.8, 4) is 16.9 Å². The average Bonchev–Trinajstić information content (AvgIpc) is 3.00. The Balaban J connectivity index is 2.23. The number of benzene rings is 1. The predicted molar refractivity (Wildman–Crippen MR) is 109 cm³/mol. The molecule has 1 N–H and O–H groups in total. The fourth-order valence-electron chi connectivity index (χ4n) is 3.38. The number of hydrogen-bond donors (Lipinski definition) is 1. The summed E-state index contributed by atoms with van der Waals surface area (Å²) in [6.45, 7) is 3.53. The van der Waals surface area contributed by atoms with Gasteiger partial charge in [0.1, 0.15) is 0 Å². The van der Waals surface area contributed by atoms with Gasteiger partial charge in [-0.25, -0.2) is 4.98 Å². The standard InChI is InChI=1S/C20H16F3N5OS/c1-10-6-4-5-7-15(10)28-17-16(18(29)26-19(28)30)13(20(21,22)23)8-14(25-17)12-9-24-27(3)11(12)2/h4-9H,1-3H3,(H,26,29,30). The molecule has 6 nitrogen and oxygen atoms in total. The van der Waals surface area contributed by atoms with Crippen molar-refractivity contribution in [1.29, 1.82) is 0 Å². The number of fused-ring (bicyclic) bond motifs is 1. The molecule has 4 aromatic rings. The highest BCUT2D eigenvalue weighted by atomic mass is 32.1. The molecule has 0 spiro atoms. The fraction of sp³-hybridized carbons (Fsp3) is 0.200. The Kier molecular flexibility index (Phi) is 4.61. The van der Waals surface area contributed by atoms with Gasteiger partial charge in [0.15, 0.2) is 10.4 Å². The second kappa shape index (κ2) is 6.91. The van der Waals surface area contributed by atoms with Crippen LogP contribution in [0.15, 0.2) is 41.3 Å². The van der Waals surface area contributed by atoms with Gasteiger partial charge in [0.25, 0.3) is 5.56 Å². The Morgan fingerprint density at radius 1 is 1.17 bits per heavy atom. The summed E-state index contributed by atoms with van der Waals surface area (Å²) in [5.41, 5.74) is 0.255. The highest BCUT2D eigenvalue weighted by Gasteiger charge is 2.36. The number of rotatable bonds is 2. The maximum atomic E-state index is 14.0. The Labute approximate surface area is 173 Å². The van der Waals surface area contributed by atoms with E-state index in [2.05, 4.69) is 15.1 Å². The lowest BCUT2D eigenvalue weighted by atomic mass is 10.1. The maximum absolute atomic E-state index is 14.0. The first kappa shape index (κ1) is 20.0. The van der Waals surface area contributed by atoms with Crippen LogP contribution in [0.1, 0.15) is 16.8 Å². The number of aryl methyl sites for hydroxylation is 2. The van der Waals surface area contributed by atoms with E-state index in [1.165, 1.54) is 10.8 Å². The summed E-state index contributed by atoms with van der Waals surface area (Å²) in [7, 11) is 1.68. The van der Waals surface area contributed by atoms with Gasteiger partial charge in [0.2, 0.25) is 0 Å². The number of para-hydroxylation sites is 1. The van der Waals surface area contributed by atoms with Gasteiger partial charge < -0.3 is 0 Å². The number of nitrogens with one attached hydrogen (secondary N) is 1. The van der Waals surface area contributed by atoms with Crippen LogP contribution in [0.4, 0.5) is 13.2 Å². The zero-order chi connectivity index (χ0) is 21.8. The summed E-state index contributed by atoms with van der Waals surface area (Å²) in [6.07, 6.45) is -3.32. The zero-order valence-electron chi connectivity index (χ0n) is 16.2. The van der Waals surface area contributed by atoms with E-state index in [-0.39, 0.29) is 16.1 Å². The van der Waals surface area contributed by atoms with Gasteiger partial charge in [0, 0.05) is 18.3 Å². The molecule has 154 valence electrons. The second-order valence-corrected chi connectivity index (χ2v) is 7.29. The van der Waals surface area contributed by atoms with Gasteiger partial charge in [-0.05, 0) is 43.8 Å². The minimum absolute atomic E-state index is 0.0394. The van der Waals surface area contributed by atoms with Crippen molar-refractivity contribution in [2.24, 2.45) is 7.05 Å². The van der Waals surface area contributed by atoms with Crippen molar-refractivity contribution in [3.05, 3.63) is 68.5 Å². The summed E-state index contributed by atoms with van der Waals surface area (Å²) < 4.78 is 44.8. The van der Waals surface area contributed by atoms with Crippen LogP contribution < -0.4 is 5.56 Å². The van der Waals surface area contributed by atoms with Gasteiger partial charge in [-0.3, -0.25) is 19.0 Å². The van der Waals surface area contributed by atoms with Gasteiger partial charge in [-0.15, -0.1) is 0 Å². The highest BCUT2D eigenvalue weighted by Crippen LogP contribution is 2.36. The highest BCUT2D eigenvalue weighted by molar-refractivity contribution is 7.71. The molecule has 0 aliphatic rings. The van der Waals surface area contributed by atoms with Gasteiger partial charge >= 0.3 is 6.18 Å². The largest absolute Gasteiger partial charge is 0.417 e. The van der Waals surface area contributed by atoms with E-state index >= 15 is 0 Å². The number of aromatic amines is 1. The molecular formula is C20H16F3N5OS. The van der Waals surface area contributed by atoms with E-state index in [9.17, 15) is 18.0 Å². The molecule has 3 aromatic heterocycles. The molecule has 0 saturated heterocycles. The minimum Gasteiger partial charge on any atom is -0.298 e. The Hall–Kier alpha value is -3.27. The van der Waals surface area contributed by atoms with Crippen molar-refractivity contribution >= 4 is 23.3 Å². The van der Waals surface area contributed by atoms with Gasteiger partial charge in [-0.2, -0.15) is 18.3 Å². The molecule has 0 aliphatic heterocycles. The number of hydrogen-bond acceptors (Lipinski definition) is 4. The number of aromatic nitrogens is 5. The second-order valence-electron chi connectivity index (χ2n) is 6.90. The molecule has 0 amide bonds. The van der Waals surface area contributed by atoms with Gasteiger partial charge in [0.05, 0.1) is 28.5 Å². The first-order valence-corrected chi connectivity index (χ1v) is 9.32. The fourth-order valence-corrected chi connectivity index (χ4v) is 3.66. The van der Waals surface area contributed by atoms with Crippen molar-refractivity contribution < 1.29 is 13.2 Å². The summed E-state index contributed by atoms with van der Waals surface area (Å²) in [6, 6.07) is 7.93. The smallest absolute Gasteiger partial charge is 0.298 e. The van der Waals surface area contributed by atoms with Gasteiger partial charge in [-0.1, -0.05) is 18.2 Å². The van der Waals surface area contributed by atoms with Crippen LogP contribution in [0.25, 0.3) is 28.0 Å². The molecule has 0 bridgehead atoms. The molecular weight excluding hydrogens is 415 g/mol. The topological polar surface area (TPSA) is 68.5 Å². The summed E-state index contributed by atoms with van der Waals surface area (Å²) in [5.74, 6) is 0. The minimum atomic E-state index is -4.77. The van der Waals surface area contributed by atoms with E-state index in [4.69, 9.17) is 12.2 Å². The lowest BCUT2D eigenvalue weighted by Gasteiger charge is -2.17. The zero-order valence-corrected chi connectivity index (χ0v) is 17.0. The Morgan fingerprint density at radius 3 is 2.47 bits per heavy atom. The summed E-state index contributed by atoms with van der Waals surface area (Å²) in [5, 5.41) is 3.53. The van der Waals surface area contributed by atoms with Crippen LogP contribution in [0.5, 0.6) is 0 Å². The monoisotopic (exact) mass is 431 g/mol. The van der Waals surface area contributed by atoms with Crippen LogP contribution in [0.2, 0.25) is 0 Å². The number of pyridine rings is 1. The molecule has 1 aromatic carbocycles.